The number of pyridine rings is 1. The van der Waals surface area contributed by atoms with Gasteiger partial charge >= 0.3 is 0 Å². The van der Waals surface area contributed by atoms with Gasteiger partial charge in [-0.1, -0.05) is 0 Å². The molecule has 102 valence electrons. The number of imidazole rings is 1. The van der Waals surface area contributed by atoms with Gasteiger partial charge in [0.1, 0.15) is 5.82 Å². The third-order valence-electron chi connectivity index (χ3n) is 2.65. The molecule has 6 nitrogen and oxygen atoms in total. The van der Waals surface area contributed by atoms with Crippen LogP contribution in [0.1, 0.15) is 0 Å². The van der Waals surface area contributed by atoms with Crippen LogP contribution in [0.2, 0.25) is 0 Å². The predicted octanol–water partition coefficient (Wildman–Crippen LogP) is 1.90. The zero-order valence-corrected chi connectivity index (χ0v) is 10.9. The lowest BCUT2D eigenvalue weighted by atomic mass is 10.4. The molecular weight excluding hydrogens is 283 g/mol. The Morgan fingerprint density at radius 1 is 1.15 bits per heavy atom. The van der Waals surface area contributed by atoms with Crippen LogP contribution in [0.4, 0.5) is 10.1 Å². The van der Waals surface area contributed by atoms with Crippen LogP contribution in [0.5, 0.6) is 0 Å². The van der Waals surface area contributed by atoms with Crippen molar-refractivity contribution in [1.82, 2.24) is 15.0 Å². The van der Waals surface area contributed by atoms with Crippen molar-refractivity contribution in [2.24, 2.45) is 0 Å². The molecule has 0 spiro atoms. The molecule has 1 aromatic carbocycles. The first kappa shape index (κ1) is 12.5. The Kier molecular flexibility index (Phi) is 2.87. The molecule has 3 aromatic rings. The van der Waals surface area contributed by atoms with Crippen LogP contribution < -0.4 is 4.72 Å². The summed E-state index contributed by atoms with van der Waals surface area (Å²) in [7, 11) is -3.77. The van der Waals surface area contributed by atoms with Gasteiger partial charge in [0.05, 0.1) is 28.6 Å². The van der Waals surface area contributed by atoms with E-state index in [9.17, 15) is 12.8 Å². The van der Waals surface area contributed by atoms with E-state index in [0.29, 0.717) is 16.9 Å². The largest absolute Gasteiger partial charge is 0.343 e. The maximum Gasteiger partial charge on any atom is 0.261 e. The van der Waals surface area contributed by atoms with Crippen LogP contribution in [-0.2, 0) is 10.0 Å². The van der Waals surface area contributed by atoms with Crippen LogP contribution in [0.25, 0.3) is 11.2 Å². The quantitative estimate of drug-likeness (QED) is 0.771. The van der Waals surface area contributed by atoms with Gasteiger partial charge in [0.25, 0.3) is 10.0 Å². The second-order valence-corrected chi connectivity index (χ2v) is 5.74. The zero-order chi connectivity index (χ0) is 14.2. The van der Waals surface area contributed by atoms with Crippen LogP contribution in [0.3, 0.4) is 0 Å². The van der Waals surface area contributed by atoms with Crippen molar-refractivity contribution in [3.05, 3.63) is 48.7 Å². The molecule has 0 fully saturated rings. The van der Waals surface area contributed by atoms with Crippen molar-refractivity contribution in [3.8, 4) is 0 Å². The van der Waals surface area contributed by atoms with Crippen LogP contribution in [0.15, 0.2) is 47.8 Å². The van der Waals surface area contributed by atoms with Gasteiger partial charge in [-0.15, -0.1) is 0 Å². The lowest BCUT2D eigenvalue weighted by molar-refractivity contribution is 0.599. The van der Waals surface area contributed by atoms with Crippen LogP contribution in [0, 0.1) is 5.82 Å². The molecule has 0 amide bonds. The normalized spacial score (nSPS) is 11.7. The summed E-state index contributed by atoms with van der Waals surface area (Å²) in [5.41, 5.74) is 1.41. The fourth-order valence-electron chi connectivity index (χ4n) is 1.71. The average molecular weight is 292 g/mol. The number of halogens is 1. The highest BCUT2D eigenvalue weighted by molar-refractivity contribution is 7.92. The van der Waals surface area contributed by atoms with Gasteiger partial charge in [0.2, 0.25) is 0 Å². The minimum absolute atomic E-state index is 0.0244. The number of sulfonamides is 1. The van der Waals surface area contributed by atoms with Crippen LogP contribution in [-0.4, -0.2) is 23.4 Å². The summed E-state index contributed by atoms with van der Waals surface area (Å²) in [6.07, 6.45) is 2.83. The Balaban J connectivity index is 1.94. The highest BCUT2D eigenvalue weighted by Crippen LogP contribution is 2.18. The number of aromatic amines is 1. The average Bonchev–Trinajstić information content (AvgIpc) is 2.86. The highest BCUT2D eigenvalue weighted by Gasteiger charge is 2.14. The van der Waals surface area contributed by atoms with Crippen molar-refractivity contribution < 1.29 is 12.8 Å². The van der Waals surface area contributed by atoms with E-state index in [4.69, 9.17) is 0 Å². The van der Waals surface area contributed by atoms with E-state index >= 15 is 0 Å². The molecule has 3 rings (SSSR count). The van der Waals surface area contributed by atoms with Gasteiger partial charge < -0.3 is 4.98 Å². The molecule has 0 saturated carbocycles. The van der Waals surface area contributed by atoms with E-state index in [2.05, 4.69) is 19.7 Å². The summed E-state index contributed by atoms with van der Waals surface area (Å²) < 4.78 is 39.4. The Labute approximate surface area is 113 Å². The summed E-state index contributed by atoms with van der Waals surface area (Å²) >= 11 is 0. The number of aromatic nitrogens is 3. The number of nitrogens with zero attached hydrogens (tertiary/aromatic N) is 2. The van der Waals surface area contributed by atoms with Crippen molar-refractivity contribution >= 4 is 26.9 Å². The van der Waals surface area contributed by atoms with Gasteiger partial charge in [-0.05, 0) is 30.3 Å². The Hall–Kier alpha value is -2.48. The summed E-state index contributed by atoms with van der Waals surface area (Å²) in [6, 6.07) is 6.14. The van der Waals surface area contributed by atoms with E-state index in [1.807, 2.05) is 0 Å². The van der Waals surface area contributed by atoms with Crippen molar-refractivity contribution in [2.45, 2.75) is 4.90 Å². The molecule has 2 heterocycles. The molecule has 2 aromatic heterocycles. The number of benzene rings is 1. The third-order valence-corrected chi connectivity index (χ3v) is 4.05. The molecule has 0 aliphatic rings. The molecule has 0 aliphatic heterocycles. The number of H-pyrrole nitrogens is 1. The number of fused-ring (bicyclic) bond motifs is 1. The minimum Gasteiger partial charge on any atom is -0.343 e. The molecule has 0 saturated heterocycles. The molecule has 0 atom stereocenters. The predicted molar refractivity (Wildman–Crippen MR) is 71.1 cm³/mol. The summed E-state index contributed by atoms with van der Waals surface area (Å²) in [6.45, 7) is 0. The molecule has 8 heteroatoms. The van der Waals surface area contributed by atoms with E-state index in [0.717, 1.165) is 12.1 Å². The van der Waals surface area contributed by atoms with Gasteiger partial charge in [-0.25, -0.2) is 22.8 Å². The van der Waals surface area contributed by atoms with Crippen molar-refractivity contribution in [2.75, 3.05) is 4.72 Å². The minimum atomic E-state index is -3.77. The molecule has 2 N–H and O–H groups in total. The fraction of sp³-hybridized carbons (Fsp3) is 0. The zero-order valence-electron chi connectivity index (χ0n) is 10.0. The topological polar surface area (TPSA) is 87.7 Å². The Morgan fingerprint density at radius 2 is 1.90 bits per heavy atom. The van der Waals surface area contributed by atoms with Gasteiger partial charge in [0, 0.05) is 0 Å². The standard InChI is InChI=1S/C12H9FN4O2S/c13-8-1-3-10(4-2-8)20(18,19)17-9-5-11-12(14-6-9)16-7-15-11/h1-7,17H,(H,14,15,16). The van der Waals surface area contributed by atoms with Crippen molar-refractivity contribution in [1.29, 1.82) is 0 Å². The lowest BCUT2D eigenvalue weighted by Crippen LogP contribution is -2.13. The molecule has 0 radical (unpaired) electrons. The highest BCUT2D eigenvalue weighted by atomic mass is 32.2. The second-order valence-electron chi connectivity index (χ2n) is 4.06. The number of nitrogens with one attached hydrogen (secondary N) is 2. The molecule has 0 unspecified atom stereocenters. The Bertz CT molecular complexity index is 859. The maximum absolute atomic E-state index is 12.8. The van der Waals surface area contributed by atoms with Gasteiger partial charge in [-0.3, -0.25) is 4.72 Å². The summed E-state index contributed by atoms with van der Waals surface area (Å²) in [5.74, 6) is -0.496. The van der Waals surface area contributed by atoms with E-state index in [1.165, 1.54) is 24.7 Å². The van der Waals surface area contributed by atoms with E-state index in [1.54, 1.807) is 6.07 Å². The molecule has 0 bridgehead atoms. The fourth-order valence-corrected chi connectivity index (χ4v) is 2.75. The van der Waals surface area contributed by atoms with E-state index in [-0.39, 0.29) is 4.90 Å². The summed E-state index contributed by atoms with van der Waals surface area (Å²) in [4.78, 5) is 10.8. The first-order chi connectivity index (χ1) is 9.54. The first-order valence-electron chi connectivity index (χ1n) is 5.62. The van der Waals surface area contributed by atoms with Gasteiger partial charge in [-0.2, -0.15) is 0 Å². The van der Waals surface area contributed by atoms with Gasteiger partial charge in [0.15, 0.2) is 5.65 Å². The number of hydrogen-bond acceptors (Lipinski definition) is 4. The van der Waals surface area contributed by atoms with Crippen molar-refractivity contribution in [3.63, 3.8) is 0 Å². The third kappa shape index (κ3) is 2.32. The number of rotatable bonds is 3. The van der Waals surface area contributed by atoms with E-state index < -0.39 is 15.8 Å². The SMILES string of the molecule is O=S(=O)(Nc1cnc2nc[nH]c2c1)c1ccc(F)cc1. The molecule has 0 aliphatic carbocycles. The smallest absolute Gasteiger partial charge is 0.261 e. The molecule has 20 heavy (non-hydrogen) atoms. The monoisotopic (exact) mass is 292 g/mol. The Morgan fingerprint density at radius 3 is 2.65 bits per heavy atom. The van der Waals surface area contributed by atoms with Crippen LogP contribution >= 0.6 is 0 Å². The maximum atomic E-state index is 12.8. The first-order valence-corrected chi connectivity index (χ1v) is 7.10. The number of anilines is 1. The lowest BCUT2D eigenvalue weighted by Gasteiger charge is -2.07. The molecular formula is C12H9FN4O2S. The summed E-state index contributed by atoms with van der Waals surface area (Å²) in [5, 5.41) is 0. The number of hydrogen-bond donors (Lipinski definition) is 2. The second kappa shape index (κ2) is 4.57.